The molecule has 0 bridgehead atoms. The SMILES string of the molecule is O=C(O)CCP(Cl)(CO)(CCC(=O)O)CCC(=O)O. The molecule has 0 atom stereocenters. The molecule has 0 aliphatic rings. The van der Waals surface area contributed by atoms with Crippen molar-refractivity contribution >= 4 is 35.1 Å². The summed E-state index contributed by atoms with van der Waals surface area (Å²) in [5.74, 6) is -6.91. The van der Waals surface area contributed by atoms with E-state index in [1.807, 2.05) is 0 Å². The van der Waals surface area contributed by atoms with E-state index in [4.69, 9.17) is 26.6 Å². The van der Waals surface area contributed by atoms with Gasteiger partial charge in [-0.1, -0.05) is 0 Å². The van der Waals surface area contributed by atoms with E-state index in [2.05, 4.69) is 0 Å². The molecule has 19 heavy (non-hydrogen) atoms. The Morgan fingerprint density at radius 1 is 0.789 bits per heavy atom. The molecule has 0 aliphatic heterocycles. The number of aliphatic carboxylic acids is 3. The summed E-state index contributed by atoms with van der Waals surface area (Å²) in [5, 5.41) is 35.6. The summed E-state index contributed by atoms with van der Waals surface area (Å²) in [7, 11) is 0. The first-order valence-electron chi connectivity index (χ1n) is 5.59. The molecule has 0 heterocycles. The summed E-state index contributed by atoms with van der Waals surface area (Å²) in [5.41, 5.74) is 0. The Morgan fingerprint density at radius 2 is 1.05 bits per heavy atom. The summed E-state index contributed by atoms with van der Waals surface area (Å²) in [4.78, 5) is 31.9. The Morgan fingerprint density at radius 3 is 1.21 bits per heavy atom. The predicted octanol–water partition coefficient (Wildman–Crippen LogP) is 1.07. The fraction of sp³-hybridized carbons (Fsp3) is 0.700. The third kappa shape index (κ3) is 6.71. The van der Waals surface area contributed by atoms with Crippen LogP contribution in [0.15, 0.2) is 0 Å². The molecule has 0 aliphatic carbocycles. The number of rotatable bonds is 10. The molecule has 0 aromatic carbocycles. The molecule has 0 spiro atoms. The van der Waals surface area contributed by atoms with E-state index in [1.54, 1.807) is 0 Å². The zero-order chi connectivity index (χ0) is 15.1. The Labute approximate surface area is 114 Å². The number of halogens is 1. The first kappa shape index (κ1) is 18.1. The molecular weight excluding hydrogens is 299 g/mol. The number of aliphatic hydroxyl groups excluding tert-OH is 1. The van der Waals surface area contributed by atoms with Crippen molar-refractivity contribution in [3.05, 3.63) is 0 Å². The molecule has 0 fully saturated rings. The summed E-state index contributed by atoms with van der Waals surface area (Å²) in [6, 6.07) is 0. The van der Waals surface area contributed by atoms with Gasteiger partial charge in [0, 0.05) is 0 Å². The van der Waals surface area contributed by atoms with Gasteiger partial charge in [0.05, 0.1) is 0 Å². The minimum atomic E-state index is -3.56. The molecular formula is C10H18ClO7P. The van der Waals surface area contributed by atoms with Crippen LogP contribution < -0.4 is 0 Å². The molecule has 0 saturated heterocycles. The third-order valence-corrected chi connectivity index (χ3v) is 9.58. The van der Waals surface area contributed by atoms with Gasteiger partial charge >= 0.3 is 114 Å². The van der Waals surface area contributed by atoms with E-state index in [-0.39, 0.29) is 37.7 Å². The second kappa shape index (κ2) is 7.03. The Kier molecular flexibility index (Phi) is 6.69. The van der Waals surface area contributed by atoms with E-state index in [1.165, 1.54) is 0 Å². The van der Waals surface area contributed by atoms with Crippen LogP contribution in [0.3, 0.4) is 0 Å². The summed E-state index contributed by atoms with van der Waals surface area (Å²) in [6.07, 6.45) is -1.72. The second-order valence-corrected chi connectivity index (χ2v) is 12.7. The Hall–Kier alpha value is -0.910. The van der Waals surface area contributed by atoms with Gasteiger partial charge in [-0.2, -0.15) is 0 Å². The van der Waals surface area contributed by atoms with Gasteiger partial charge < -0.3 is 0 Å². The van der Waals surface area contributed by atoms with Crippen LogP contribution in [0.1, 0.15) is 19.3 Å². The summed E-state index contributed by atoms with van der Waals surface area (Å²) < 4.78 is 0. The van der Waals surface area contributed by atoms with Crippen molar-refractivity contribution in [1.82, 2.24) is 0 Å². The molecule has 0 aromatic rings. The van der Waals surface area contributed by atoms with E-state index in [0.717, 1.165) is 0 Å². The average Bonchev–Trinajstić information content (AvgIpc) is 2.33. The van der Waals surface area contributed by atoms with Gasteiger partial charge in [-0.3, -0.25) is 0 Å². The van der Waals surface area contributed by atoms with Crippen LogP contribution >= 0.6 is 17.2 Å². The van der Waals surface area contributed by atoms with Gasteiger partial charge in [-0.25, -0.2) is 0 Å². The van der Waals surface area contributed by atoms with E-state index >= 15 is 0 Å². The van der Waals surface area contributed by atoms with Crippen molar-refractivity contribution in [2.24, 2.45) is 0 Å². The number of carbonyl (C=O) groups is 3. The number of aliphatic hydroxyl groups is 1. The van der Waals surface area contributed by atoms with Gasteiger partial charge in [0.2, 0.25) is 0 Å². The fourth-order valence-electron chi connectivity index (χ4n) is 1.67. The van der Waals surface area contributed by atoms with Crippen LogP contribution in [0.25, 0.3) is 0 Å². The van der Waals surface area contributed by atoms with Gasteiger partial charge in [0.25, 0.3) is 0 Å². The number of carboxylic acids is 3. The van der Waals surface area contributed by atoms with Gasteiger partial charge in [-0.15, -0.1) is 0 Å². The van der Waals surface area contributed by atoms with Crippen LogP contribution in [0.5, 0.6) is 0 Å². The molecule has 0 amide bonds. The van der Waals surface area contributed by atoms with Crippen molar-refractivity contribution in [2.45, 2.75) is 19.3 Å². The molecule has 0 saturated carbocycles. The number of hydrogen-bond acceptors (Lipinski definition) is 4. The van der Waals surface area contributed by atoms with Crippen LogP contribution in [-0.4, -0.2) is 63.2 Å². The quantitative estimate of drug-likeness (QED) is 0.443. The molecule has 9 heteroatoms. The Balaban J connectivity index is 5.04. The monoisotopic (exact) mass is 316 g/mol. The predicted molar refractivity (Wildman–Crippen MR) is 71.2 cm³/mol. The summed E-state index contributed by atoms with van der Waals surface area (Å²) >= 11 is 6.40. The average molecular weight is 317 g/mol. The topological polar surface area (TPSA) is 132 Å². The van der Waals surface area contributed by atoms with E-state index in [0.29, 0.717) is 0 Å². The molecule has 7 nitrogen and oxygen atoms in total. The maximum absolute atomic E-state index is 10.6. The standard InChI is InChI=1S/C10H18ClO7P/c11-19(7-12,4-1-8(13)14,5-2-9(15)16)6-3-10(17)18/h12H,1-7H2,(H,13,14)(H,15,16)(H,17,18). The van der Waals surface area contributed by atoms with Gasteiger partial charge in [-0.05, 0) is 0 Å². The van der Waals surface area contributed by atoms with Crippen molar-refractivity contribution in [2.75, 3.05) is 24.8 Å². The van der Waals surface area contributed by atoms with E-state index < -0.39 is 30.2 Å². The minimum absolute atomic E-state index is 0.0699. The van der Waals surface area contributed by atoms with Crippen molar-refractivity contribution in [3.8, 4) is 0 Å². The first-order valence-corrected chi connectivity index (χ1v) is 9.48. The molecule has 0 rings (SSSR count). The van der Waals surface area contributed by atoms with Gasteiger partial charge in [0.1, 0.15) is 0 Å². The van der Waals surface area contributed by atoms with Crippen molar-refractivity contribution in [1.29, 1.82) is 0 Å². The molecule has 0 unspecified atom stereocenters. The van der Waals surface area contributed by atoms with Crippen LogP contribution in [0.2, 0.25) is 0 Å². The maximum atomic E-state index is 10.6. The van der Waals surface area contributed by atoms with Crippen LogP contribution in [0.4, 0.5) is 0 Å². The first-order chi connectivity index (χ1) is 8.61. The van der Waals surface area contributed by atoms with Crippen molar-refractivity contribution < 1.29 is 34.8 Å². The number of carboxylic acid groups (broad SMARTS) is 3. The van der Waals surface area contributed by atoms with Crippen LogP contribution in [-0.2, 0) is 14.4 Å². The molecule has 4 N–H and O–H groups in total. The molecule has 0 aromatic heterocycles. The van der Waals surface area contributed by atoms with Gasteiger partial charge in [0.15, 0.2) is 0 Å². The van der Waals surface area contributed by atoms with Crippen LogP contribution in [0, 0.1) is 0 Å². The zero-order valence-electron chi connectivity index (χ0n) is 10.3. The Bertz CT molecular complexity index is 323. The molecule has 0 radical (unpaired) electrons. The zero-order valence-corrected chi connectivity index (χ0v) is 11.9. The third-order valence-electron chi connectivity index (χ3n) is 3.01. The normalized spacial score (nSPS) is 13.5. The van der Waals surface area contributed by atoms with Crippen molar-refractivity contribution in [3.63, 3.8) is 0 Å². The fourth-order valence-corrected chi connectivity index (χ4v) is 5.78. The second-order valence-electron chi connectivity index (χ2n) is 4.56. The summed E-state index contributed by atoms with van der Waals surface area (Å²) in [6.45, 7) is 0. The van der Waals surface area contributed by atoms with E-state index in [9.17, 15) is 19.5 Å². The number of hydrogen-bond donors (Lipinski definition) is 4. The molecule has 112 valence electrons.